The largest absolute Gasteiger partial charge is 0.457 e. The number of rotatable bonds is 7. The molecule has 3 atom stereocenters. The number of benzene rings is 3. The van der Waals surface area contributed by atoms with Gasteiger partial charge in [-0.15, -0.1) is 0 Å². The number of likely N-dealkylation sites (tertiary alicyclic amines) is 1. The number of Topliss-reactive ketones (excluding diaryl/α,β-unsaturated/α-hetero) is 1. The molecule has 7 nitrogen and oxygen atoms in total. The lowest BCUT2D eigenvalue weighted by atomic mass is 9.86. The third-order valence-electron chi connectivity index (χ3n) is 6.77. The molecule has 190 valence electrons. The molecule has 9 heteroatoms. The number of ketones is 1. The highest BCUT2D eigenvalue weighted by atomic mass is 35.5. The van der Waals surface area contributed by atoms with Crippen LogP contribution in [0.2, 0.25) is 10.0 Å². The minimum Gasteiger partial charge on any atom is -0.457 e. The van der Waals surface area contributed by atoms with Gasteiger partial charge in [-0.25, -0.2) is 0 Å². The van der Waals surface area contributed by atoms with Crippen LogP contribution in [0.15, 0.2) is 66.7 Å². The third-order valence-corrected chi connectivity index (χ3v) is 7.51. The first kappa shape index (κ1) is 25.3. The Balaban J connectivity index is 1.62. The van der Waals surface area contributed by atoms with Crippen LogP contribution in [0.1, 0.15) is 33.8 Å². The third kappa shape index (κ3) is 5.07. The van der Waals surface area contributed by atoms with Crippen LogP contribution in [0, 0.1) is 0 Å². The maximum atomic E-state index is 14.2. The van der Waals surface area contributed by atoms with Crippen molar-refractivity contribution >= 4 is 40.8 Å². The van der Waals surface area contributed by atoms with Crippen molar-refractivity contribution in [2.45, 2.75) is 30.9 Å². The van der Waals surface area contributed by atoms with Crippen LogP contribution in [0.3, 0.4) is 0 Å². The van der Waals surface area contributed by atoms with Crippen LogP contribution in [0.5, 0.6) is 11.5 Å². The minimum absolute atomic E-state index is 0.0171. The van der Waals surface area contributed by atoms with E-state index in [1.54, 1.807) is 53.4 Å². The number of ether oxygens (including phenoxy) is 2. The summed E-state index contributed by atoms with van der Waals surface area (Å²) >= 11 is 12.4. The first-order chi connectivity index (χ1) is 17.8. The van der Waals surface area contributed by atoms with E-state index in [0.717, 1.165) is 5.56 Å². The summed E-state index contributed by atoms with van der Waals surface area (Å²) in [7, 11) is 0. The van der Waals surface area contributed by atoms with Crippen LogP contribution in [0.4, 0.5) is 0 Å². The molecule has 0 radical (unpaired) electrons. The smallest absolute Gasteiger partial charge is 0.249 e. The predicted molar refractivity (Wildman–Crippen MR) is 139 cm³/mol. The molecule has 3 aromatic rings. The van der Waals surface area contributed by atoms with E-state index >= 15 is 0 Å². The van der Waals surface area contributed by atoms with Gasteiger partial charge in [0.05, 0.1) is 22.1 Å². The molecule has 2 aliphatic heterocycles. The van der Waals surface area contributed by atoms with E-state index < -0.39 is 17.9 Å². The number of para-hydroxylation sites is 1. The van der Waals surface area contributed by atoms with Crippen molar-refractivity contribution in [3.05, 3.63) is 93.5 Å². The Bertz CT molecular complexity index is 1360. The maximum Gasteiger partial charge on any atom is 0.249 e. The summed E-state index contributed by atoms with van der Waals surface area (Å²) in [6.07, 6.45) is 0.411. The van der Waals surface area contributed by atoms with Gasteiger partial charge in [0.25, 0.3) is 0 Å². The van der Waals surface area contributed by atoms with E-state index in [0.29, 0.717) is 40.1 Å². The van der Waals surface area contributed by atoms with E-state index in [4.69, 9.17) is 38.4 Å². The van der Waals surface area contributed by atoms with Gasteiger partial charge in [0.1, 0.15) is 24.1 Å². The zero-order chi connectivity index (χ0) is 26.1. The van der Waals surface area contributed by atoms with Gasteiger partial charge in [-0.2, -0.15) is 0 Å². The molecule has 0 bridgehead atoms. The SMILES string of the molecule is NC(=O)c1cccc(Oc2ccccc2)c1C(Cc1ccc(Cl)c(Cl)c1)C(=O)N1CCC2OCC(=O)C21. The Morgan fingerprint density at radius 3 is 2.57 bits per heavy atom. The summed E-state index contributed by atoms with van der Waals surface area (Å²) in [4.78, 5) is 41.0. The summed E-state index contributed by atoms with van der Waals surface area (Å²) in [6, 6.07) is 18.4. The Kier molecular flexibility index (Phi) is 7.20. The van der Waals surface area contributed by atoms with E-state index in [2.05, 4.69) is 0 Å². The molecule has 2 fully saturated rings. The van der Waals surface area contributed by atoms with Gasteiger partial charge in [0.2, 0.25) is 11.8 Å². The highest BCUT2D eigenvalue weighted by Gasteiger charge is 2.48. The number of fused-ring (bicyclic) bond motifs is 1. The van der Waals surface area contributed by atoms with Crippen LogP contribution >= 0.6 is 23.2 Å². The monoisotopic (exact) mass is 538 g/mol. The van der Waals surface area contributed by atoms with Crippen molar-refractivity contribution in [1.29, 1.82) is 0 Å². The van der Waals surface area contributed by atoms with E-state index in [1.165, 1.54) is 0 Å². The number of carbonyl (C=O) groups excluding carboxylic acids is 3. The lowest BCUT2D eigenvalue weighted by molar-refractivity contribution is -0.137. The zero-order valence-electron chi connectivity index (χ0n) is 19.7. The molecule has 3 aromatic carbocycles. The van der Waals surface area contributed by atoms with E-state index in [9.17, 15) is 14.4 Å². The molecule has 2 saturated heterocycles. The fourth-order valence-electron chi connectivity index (χ4n) is 5.08. The summed E-state index contributed by atoms with van der Waals surface area (Å²) < 4.78 is 11.8. The number of hydrogen-bond donors (Lipinski definition) is 1. The normalized spacial score (nSPS) is 19.5. The first-order valence-corrected chi connectivity index (χ1v) is 12.6. The summed E-state index contributed by atoms with van der Waals surface area (Å²) in [6.45, 7) is 0.349. The van der Waals surface area contributed by atoms with E-state index in [1.807, 2.05) is 18.2 Å². The lowest BCUT2D eigenvalue weighted by Gasteiger charge is -2.29. The molecular formula is C28H24Cl2N2O5. The van der Waals surface area contributed by atoms with Gasteiger partial charge in [0, 0.05) is 17.7 Å². The Labute approximate surface area is 224 Å². The molecule has 0 aromatic heterocycles. The molecule has 0 spiro atoms. The fraction of sp³-hybridized carbons (Fsp3) is 0.250. The van der Waals surface area contributed by atoms with Crippen LogP contribution in [0.25, 0.3) is 0 Å². The summed E-state index contributed by atoms with van der Waals surface area (Å²) in [5, 5.41) is 0.727. The number of hydrogen-bond acceptors (Lipinski definition) is 5. The number of halogens is 2. The quantitative estimate of drug-likeness (QED) is 0.466. The second-order valence-electron chi connectivity index (χ2n) is 9.08. The van der Waals surface area contributed by atoms with Crippen molar-refractivity contribution in [2.24, 2.45) is 5.73 Å². The average molecular weight is 539 g/mol. The van der Waals surface area contributed by atoms with Crippen molar-refractivity contribution in [3.63, 3.8) is 0 Å². The number of nitrogens with zero attached hydrogens (tertiary/aromatic N) is 1. The van der Waals surface area contributed by atoms with Crippen LogP contribution in [-0.4, -0.2) is 47.8 Å². The Morgan fingerprint density at radius 2 is 1.84 bits per heavy atom. The Morgan fingerprint density at radius 1 is 1.05 bits per heavy atom. The topological polar surface area (TPSA) is 98.9 Å². The van der Waals surface area contributed by atoms with Crippen LogP contribution < -0.4 is 10.5 Å². The number of nitrogens with two attached hydrogens (primary N) is 1. The maximum absolute atomic E-state index is 14.2. The molecule has 2 aliphatic rings. The van der Waals surface area contributed by atoms with Gasteiger partial charge in [-0.1, -0.05) is 53.5 Å². The molecule has 0 saturated carbocycles. The van der Waals surface area contributed by atoms with Crippen molar-refractivity contribution < 1.29 is 23.9 Å². The molecule has 5 rings (SSSR count). The molecule has 3 unspecified atom stereocenters. The summed E-state index contributed by atoms with van der Waals surface area (Å²) in [5.74, 6) is -1.18. The van der Waals surface area contributed by atoms with Gasteiger partial charge < -0.3 is 20.1 Å². The molecule has 2 N–H and O–H groups in total. The van der Waals surface area contributed by atoms with Crippen molar-refractivity contribution in [2.75, 3.05) is 13.2 Å². The van der Waals surface area contributed by atoms with Crippen molar-refractivity contribution in [1.82, 2.24) is 4.90 Å². The zero-order valence-corrected chi connectivity index (χ0v) is 21.2. The number of carbonyl (C=O) groups is 3. The van der Waals surface area contributed by atoms with Gasteiger partial charge in [-0.3, -0.25) is 14.4 Å². The van der Waals surface area contributed by atoms with Gasteiger partial charge in [0.15, 0.2) is 5.78 Å². The van der Waals surface area contributed by atoms with Crippen LogP contribution in [-0.2, 0) is 20.7 Å². The second kappa shape index (κ2) is 10.5. The lowest BCUT2D eigenvalue weighted by Crippen LogP contribution is -2.44. The predicted octanol–water partition coefficient (Wildman–Crippen LogP) is 4.78. The van der Waals surface area contributed by atoms with Gasteiger partial charge in [-0.05, 0) is 54.8 Å². The highest BCUT2D eigenvalue weighted by Crippen LogP contribution is 2.39. The second-order valence-corrected chi connectivity index (χ2v) is 9.90. The van der Waals surface area contributed by atoms with Crippen molar-refractivity contribution in [3.8, 4) is 11.5 Å². The first-order valence-electron chi connectivity index (χ1n) is 11.9. The van der Waals surface area contributed by atoms with Gasteiger partial charge >= 0.3 is 0 Å². The number of primary amides is 1. The fourth-order valence-corrected chi connectivity index (χ4v) is 5.40. The molecule has 37 heavy (non-hydrogen) atoms. The summed E-state index contributed by atoms with van der Waals surface area (Å²) in [5.41, 5.74) is 7.02. The molecule has 0 aliphatic carbocycles. The number of amides is 2. The standard InChI is InChI=1S/C28H24Cl2N2O5/c29-20-10-9-16(14-21(20)30)13-19(28(35)32-12-11-24-26(32)22(33)15-36-24)25-18(27(31)34)7-4-8-23(25)37-17-5-2-1-3-6-17/h1-10,14,19,24,26H,11-13,15H2,(H2,31,34). The molecule has 2 heterocycles. The highest BCUT2D eigenvalue weighted by molar-refractivity contribution is 6.42. The molecule has 2 amide bonds. The van der Waals surface area contributed by atoms with E-state index in [-0.39, 0.29) is 36.4 Å². The average Bonchev–Trinajstić information content (AvgIpc) is 3.48. The Hall–Kier alpha value is -3.39. The minimum atomic E-state index is -0.896. The molecular weight excluding hydrogens is 515 g/mol.